The monoisotopic (exact) mass is 695 g/mol. The van der Waals surface area contributed by atoms with Gasteiger partial charge in [-0.3, -0.25) is 4.99 Å². The van der Waals surface area contributed by atoms with Crippen LogP contribution < -0.4 is 0 Å². The first-order valence-corrected chi connectivity index (χ1v) is 18.8. The quantitative estimate of drug-likeness (QED) is 0.174. The van der Waals surface area contributed by atoms with Crippen LogP contribution >= 0.6 is 11.8 Å². The highest BCUT2D eigenvalue weighted by atomic mass is 32.2. The molecule has 3 nitrogen and oxygen atoms in total. The van der Waals surface area contributed by atoms with Crippen LogP contribution in [0.1, 0.15) is 29.2 Å². The van der Waals surface area contributed by atoms with Gasteiger partial charge in [-0.15, -0.1) is 0 Å². The lowest BCUT2D eigenvalue weighted by Gasteiger charge is -2.22. The summed E-state index contributed by atoms with van der Waals surface area (Å²) in [5.41, 5.74) is 14.7. The summed E-state index contributed by atoms with van der Waals surface area (Å²) in [7, 11) is 0. The minimum Gasteiger partial charge on any atom is -0.258 e. The third kappa shape index (κ3) is 5.97. The van der Waals surface area contributed by atoms with E-state index in [0.717, 1.165) is 57.0 Å². The standard InChI is InChI=1S/C49H33N3S/c1-3-12-32(13-4-1)33-24-26-35(27-25-33)49-51-44(34-14-5-2-6-15-34)31-45(52-49)39-19-10-17-37(29-39)36-16-9-18-38(28-36)43-30-41-40-20-7-8-22-46(40)53-47-23-11-21-42(50-43)48(41)47/h1-30,45H,31H2. The number of nitrogens with zero attached hydrogens (tertiary/aromatic N) is 3. The van der Waals surface area contributed by atoms with Crippen molar-refractivity contribution >= 4 is 34.2 Å². The van der Waals surface area contributed by atoms with Crippen molar-refractivity contribution in [2.24, 2.45) is 9.98 Å². The number of aromatic nitrogens is 1. The Kier molecular flexibility index (Phi) is 7.89. The maximum absolute atomic E-state index is 5.30. The Morgan fingerprint density at radius 1 is 0.453 bits per heavy atom. The zero-order chi connectivity index (χ0) is 35.1. The van der Waals surface area contributed by atoms with Gasteiger partial charge in [-0.25, -0.2) is 9.98 Å². The van der Waals surface area contributed by atoms with Crippen molar-refractivity contribution in [3.8, 4) is 44.6 Å². The fourth-order valence-corrected chi connectivity index (χ4v) is 8.68. The van der Waals surface area contributed by atoms with E-state index in [0.29, 0.717) is 0 Å². The summed E-state index contributed by atoms with van der Waals surface area (Å²) in [5.74, 6) is 0.765. The molecule has 3 heterocycles. The molecule has 1 unspecified atom stereocenters. The number of hydrogen-bond acceptors (Lipinski definition) is 4. The molecule has 1 aromatic heterocycles. The molecule has 0 radical (unpaired) electrons. The van der Waals surface area contributed by atoms with Gasteiger partial charge in [0.05, 0.1) is 23.0 Å². The Balaban J connectivity index is 1.01. The van der Waals surface area contributed by atoms with Crippen LogP contribution in [0, 0.1) is 0 Å². The molecular formula is C49H33N3S. The van der Waals surface area contributed by atoms with Crippen LogP contribution in [0.3, 0.4) is 0 Å². The summed E-state index contributed by atoms with van der Waals surface area (Å²) >= 11 is 1.83. The number of hydrogen-bond donors (Lipinski definition) is 0. The van der Waals surface area contributed by atoms with Gasteiger partial charge >= 0.3 is 0 Å². The second kappa shape index (κ2) is 13.3. The summed E-state index contributed by atoms with van der Waals surface area (Å²) in [6.45, 7) is 0. The first-order valence-electron chi connectivity index (χ1n) is 18.0. The zero-order valence-corrected chi connectivity index (χ0v) is 29.7. The van der Waals surface area contributed by atoms with E-state index in [1.165, 1.54) is 43.0 Å². The molecule has 1 atom stereocenters. The lowest BCUT2D eigenvalue weighted by Crippen LogP contribution is -2.17. The van der Waals surface area contributed by atoms with Crippen molar-refractivity contribution in [1.29, 1.82) is 0 Å². The molecule has 7 aromatic carbocycles. The molecule has 0 aliphatic carbocycles. The highest BCUT2D eigenvalue weighted by molar-refractivity contribution is 7.99. The van der Waals surface area contributed by atoms with E-state index >= 15 is 0 Å². The Bertz CT molecular complexity index is 2720. The van der Waals surface area contributed by atoms with Gasteiger partial charge in [0.2, 0.25) is 0 Å². The van der Waals surface area contributed by atoms with Crippen LogP contribution in [0.15, 0.2) is 202 Å². The summed E-state index contributed by atoms with van der Waals surface area (Å²) < 4.78 is 0. The molecule has 0 N–H and O–H groups in total. The van der Waals surface area contributed by atoms with Crippen molar-refractivity contribution in [3.05, 3.63) is 199 Å². The van der Waals surface area contributed by atoms with E-state index in [-0.39, 0.29) is 6.04 Å². The highest BCUT2D eigenvalue weighted by Crippen LogP contribution is 2.48. The van der Waals surface area contributed by atoms with Crippen LogP contribution in [0.2, 0.25) is 0 Å². The van der Waals surface area contributed by atoms with E-state index in [9.17, 15) is 0 Å². The van der Waals surface area contributed by atoms with E-state index in [4.69, 9.17) is 15.0 Å². The highest BCUT2D eigenvalue weighted by Gasteiger charge is 2.23. The minimum absolute atomic E-state index is 0.0722. The first-order chi connectivity index (χ1) is 26.2. The van der Waals surface area contributed by atoms with Crippen LogP contribution in [0.25, 0.3) is 55.5 Å². The van der Waals surface area contributed by atoms with Gasteiger partial charge < -0.3 is 0 Å². The molecule has 8 aromatic rings. The van der Waals surface area contributed by atoms with Crippen molar-refractivity contribution in [2.75, 3.05) is 0 Å². The molecule has 0 fully saturated rings. The Morgan fingerprint density at radius 3 is 1.91 bits per heavy atom. The van der Waals surface area contributed by atoms with Crippen molar-refractivity contribution in [3.63, 3.8) is 0 Å². The van der Waals surface area contributed by atoms with Gasteiger partial charge in [-0.1, -0.05) is 157 Å². The van der Waals surface area contributed by atoms with Crippen molar-refractivity contribution in [2.45, 2.75) is 22.3 Å². The maximum Gasteiger partial charge on any atom is 0.155 e. The number of rotatable bonds is 6. The van der Waals surface area contributed by atoms with E-state index < -0.39 is 0 Å². The first kappa shape index (κ1) is 31.4. The smallest absolute Gasteiger partial charge is 0.155 e. The summed E-state index contributed by atoms with van der Waals surface area (Å²) in [6, 6.07) is 64.6. The molecule has 2 aliphatic rings. The van der Waals surface area contributed by atoms with Gasteiger partial charge in [0, 0.05) is 32.7 Å². The van der Waals surface area contributed by atoms with E-state index in [2.05, 4.69) is 176 Å². The molecule has 0 saturated carbocycles. The average molecular weight is 696 g/mol. The molecule has 4 heteroatoms. The van der Waals surface area contributed by atoms with Crippen LogP contribution in [-0.2, 0) is 0 Å². The largest absolute Gasteiger partial charge is 0.258 e. The lowest BCUT2D eigenvalue weighted by molar-refractivity contribution is 0.754. The Morgan fingerprint density at radius 2 is 1.08 bits per heavy atom. The average Bonchev–Trinajstić information content (AvgIpc) is 3.24. The maximum atomic E-state index is 5.30. The van der Waals surface area contributed by atoms with Crippen molar-refractivity contribution in [1.82, 2.24) is 4.98 Å². The van der Waals surface area contributed by atoms with Crippen LogP contribution in [0.5, 0.6) is 0 Å². The number of amidine groups is 1. The number of fused-ring (bicyclic) bond motifs is 2. The van der Waals surface area contributed by atoms with Gasteiger partial charge in [-0.05, 0) is 80.9 Å². The number of aliphatic imine (C=N–C) groups is 2. The lowest BCUT2D eigenvalue weighted by atomic mass is 9.92. The zero-order valence-electron chi connectivity index (χ0n) is 28.9. The molecule has 0 spiro atoms. The fraction of sp³-hybridized carbons (Fsp3) is 0.0408. The second-order valence-electron chi connectivity index (χ2n) is 13.6. The van der Waals surface area contributed by atoms with Crippen LogP contribution in [0.4, 0.5) is 0 Å². The normalized spacial score (nSPS) is 14.7. The molecule has 53 heavy (non-hydrogen) atoms. The molecule has 0 amide bonds. The SMILES string of the molecule is c1ccc(C2=NC(c3ccc(-c4ccccc4)cc3)=NC(c3cccc(-c4cccc(-c5cc6c7c(cccc7n5)Sc5ccccc5-6)c4)c3)C2)cc1. The molecule has 10 rings (SSSR count). The third-order valence-corrected chi connectivity index (χ3v) is 11.4. The van der Waals surface area contributed by atoms with Gasteiger partial charge in [0.25, 0.3) is 0 Å². The Labute approximate surface area is 313 Å². The molecule has 0 bridgehead atoms. The van der Waals surface area contributed by atoms with E-state index in [1.54, 1.807) is 0 Å². The van der Waals surface area contributed by atoms with Crippen LogP contribution in [-0.4, -0.2) is 16.5 Å². The number of benzene rings is 7. The topological polar surface area (TPSA) is 37.6 Å². The van der Waals surface area contributed by atoms with E-state index in [1.807, 2.05) is 17.8 Å². The van der Waals surface area contributed by atoms with Crippen molar-refractivity contribution < 1.29 is 0 Å². The molecule has 0 saturated heterocycles. The fourth-order valence-electron chi connectivity index (χ4n) is 7.55. The third-order valence-electron chi connectivity index (χ3n) is 10.2. The number of pyridine rings is 1. The summed E-state index contributed by atoms with van der Waals surface area (Å²) in [4.78, 5) is 18.2. The summed E-state index contributed by atoms with van der Waals surface area (Å²) in [6.07, 6.45) is 0.727. The van der Waals surface area contributed by atoms with Gasteiger partial charge in [-0.2, -0.15) is 0 Å². The summed E-state index contributed by atoms with van der Waals surface area (Å²) in [5, 5.41) is 1.24. The van der Waals surface area contributed by atoms with Gasteiger partial charge in [0.1, 0.15) is 0 Å². The van der Waals surface area contributed by atoms with Gasteiger partial charge in [0.15, 0.2) is 5.84 Å². The predicted octanol–water partition coefficient (Wildman–Crippen LogP) is 12.7. The second-order valence-corrected chi connectivity index (χ2v) is 14.6. The predicted molar refractivity (Wildman–Crippen MR) is 221 cm³/mol. The molecular weight excluding hydrogens is 663 g/mol. The molecule has 2 aliphatic heterocycles. The minimum atomic E-state index is -0.0722. The molecule has 250 valence electrons. The Hall–Kier alpha value is -6.36.